The Morgan fingerprint density at radius 2 is 2.07 bits per heavy atom. The Balaban J connectivity index is 1.66. The van der Waals surface area contributed by atoms with Crippen molar-refractivity contribution in [3.05, 3.63) is 34.2 Å². The minimum Gasteiger partial charge on any atom is -0.385 e. The Kier molecular flexibility index (Phi) is 4.58. The number of pyridine rings is 1. The smallest absolute Gasteiger partial charge is 0.251 e. The molecule has 146 valence electrons. The van der Waals surface area contributed by atoms with Crippen LogP contribution in [0.4, 0.5) is 0 Å². The van der Waals surface area contributed by atoms with E-state index in [1.165, 1.54) is 6.07 Å². The largest absolute Gasteiger partial charge is 0.385 e. The lowest BCUT2D eigenvalue weighted by Gasteiger charge is -2.46. The van der Waals surface area contributed by atoms with E-state index in [0.717, 1.165) is 31.4 Å². The highest BCUT2D eigenvalue weighted by Gasteiger charge is 2.49. The van der Waals surface area contributed by atoms with Crippen LogP contribution in [0.25, 0.3) is 0 Å². The highest BCUT2D eigenvalue weighted by Crippen LogP contribution is 2.43. The maximum atomic E-state index is 13.3. The first-order valence-corrected chi connectivity index (χ1v) is 9.72. The number of aromatic nitrogens is 1. The van der Waals surface area contributed by atoms with Crippen molar-refractivity contribution in [3.8, 4) is 0 Å². The molecule has 7 heteroatoms. The minimum atomic E-state index is -0.563. The lowest BCUT2D eigenvalue weighted by Crippen LogP contribution is -2.55. The molecule has 3 heterocycles. The average molecular weight is 373 g/mol. The number of nitrogens with one attached hydrogen (secondary N) is 1. The Hall–Kier alpha value is -2.15. The lowest BCUT2D eigenvalue weighted by molar-refractivity contribution is -0.136. The molecule has 1 aromatic heterocycles. The number of carbonyl (C=O) groups excluding carboxylic acids is 2. The van der Waals surface area contributed by atoms with Gasteiger partial charge in [-0.05, 0) is 31.7 Å². The van der Waals surface area contributed by atoms with Crippen molar-refractivity contribution in [2.45, 2.75) is 50.1 Å². The van der Waals surface area contributed by atoms with Crippen LogP contribution in [0.15, 0.2) is 23.0 Å². The zero-order valence-electron chi connectivity index (χ0n) is 15.9. The fourth-order valence-electron chi connectivity index (χ4n) is 4.75. The summed E-state index contributed by atoms with van der Waals surface area (Å²) in [5.74, 6) is -0.0196. The number of hydrogen-bond acceptors (Lipinski definition) is 4. The highest BCUT2D eigenvalue weighted by molar-refractivity contribution is 5.82. The second-order valence-corrected chi connectivity index (χ2v) is 8.23. The molecule has 1 saturated heterocycles. The van der Waals surface area contributed by atoms with Gasteiger partial charge in [-0.3, -0.25) is 19.0 Å². The predicted molar refractivity (Wildman–Crippen MR) is 99.4 cm³/mol. The lowest BCUT2D eigenvalue weighted by atomic mass is 9.78. The van der Waals surface area contributed by atoms with E-state index in [-0.39, 0.29) is 34.7 Å². The molecule has 3 atom stereocenters. The van der Waals surface area contributed by atoms with Gasteiger partial charge < -0.3 is 15.0 Å². The first-order valence-electron chi connectivity index (χ1n) is 9.72. The molecule has 2 fully saturated rings. The SMILES string of the molecule is COCCC1(NC(=O)[C@H]2[C@H]3C[C@H](CN(C(C)=O)C3)c3cccc(=O)n32)CC1. The van der Waals surface area contributed by atoms with Crippen LogP contribution in [-0.2, 0) is 14.3 Å². The number of carbonyl (C=O) groups is 2. The van der Waals surface area contributed by atoms with Crippen LogP contribution in [0.5, 0.6) is 0 Å². The van der Waals surface area contributed by atoms with Gasteiger partial charge in [-0.2, -0.15) is 0 Å². The summed E-state index contributed by atoms with van der Waals surface area (Å²) in [6.45, 7) is 3.31. The fraction of sp³-hybridized carbons (Fsp3) is 0.650. The second-order valence-electron chi connectivity index (χ2n) is 8.23. The minimum absolute atomic E-state index is 0.0225. The number of ether oxygens (including phenoxy) is 1. The molecule has 3 aliphatic rings. The summed E-state index contributed by atoms with van der Waals surface area (Å²) in [6.07, 6.45) is 3.50. The molecular formula is C20H27N3O4. The van der Waals surface area contributed by atoms with E-state index in [1.807, 2.05) is 11.0 Å². The van der Waals surface area contributed by atoms with Gasteiger partial charge >= 0.3 is 0 Å². The van der Waals surface area contributed by atoms with Gasteiger partial charge in [0.15, 0.2) is 0 Å². The van der Waals surface area contributed by atoms with E-state index in [1.54, 1.807) is 24.7 Å². The Morgan fingerprint density at radius 3 is 2.74 bits per heavy atom. The standard InChI is InChI=1S/C20H27N3O4/c1-13(24)22-11-14-10-15(12-22)18(23-16(14)4-3-5-17(23)25)19(26)21-20(6-7-20)8-9-27-2/h3-5,14-15,18H,6-12H2,1-2H3,(H,21,26)/t14-,15+,18-/m1/s1. The monoisotopic (exact) mass is 373 g/mol. The van der Waals surface area contributed by atoms with Crippen molar-refractivity contribution >= 4 is 11.8 Å². The number of hydrogen-bond donors (Lipinski definition) is 1. The summed E-state index contributed by atoms with van der Waals surface area (Å²) in [5, 5.41) is 3.21. The molecule has 27 heavy (non-hydrogen) atoms. The fourth-order valence-corrected chi connectivity index (χ4v) is 4.75. The van der Waals surface area contributed by atoms with E-state index in [9.17, 15) is 14.4 Å². The Morgan fingerprint density at radius 1 is 1.30 bits per heavy atom. The molecular weight excluding hydrogens is 346 g/mol. The zero-order chi connectivity index (χ0) is 19.2. The number of amides is 2. The normalized spacial score (nSPS) is 27.6. The quantitative estimate of drug-likeness (QED) is 0.836. The van der Waals surface area contributed by atoms with Gasteiger partial charge in [0, 0.05) is 62.9 Å². The molecule has 1 aromatic rings. The van der Waals surface area contributed by atoms with Gasteiger partial charge in [0.05, 0.1) is 0 Å². The molecule has 0 spiro atoms. The summed E-state index contributed by atoms with van der Waals surface area (Å²) < 4.78 is 6.85. The Bertz CT molecular complexity index is 814. The number of piperidine rings is 1. The van der Waals surface area contributed by atoms with Crippen LogP contribution in [0.1, 0.15) is 50.3 Å². The third-order valence-corrected chi connectivity index (χ3v) is 6.39. The maximum absolute atomic E-state index is 13.3. The third-order valence-electron chi connectivity index (χ3n) is 6.39. The van der Waals surface area contributed by atoms with Crippen LogP contribution in [-0.4, -0.2) is 53.6 Å². The van der Waals surface area contributed by atoms with Crippen molar-refractivity contribution in [2.24, 2.45) is 5.92 Å². The van der Waals surface area contributed by atoms with Crippen LogP contribution in [0.2, 0.25) is 0 Å². The van der Waals surface area contributed by atoms with Crippen molar-refractivity contribution in [2.75, 3.05) is 26.8 Å². The van der Waals surface area contributed by atoms with Crippen molar-refractivity contribution in [1.29, 1.82) is 0 Å². The highest BCUT2D eigenvalue weighted by atomic mass is 16.5. The Labute approximate surface area is 158 Å². The van der Waals surface area contributed by atoms with Crippen molar-refractivity contribution < 1.29 is 14.3 Å². The topological polar surface area (TPSA) is 80.6 Å². The average Bonchev–Trinajstić information content (AvgIpc) is 3.40. The van der Waals surface area contributed by atoms with E-state index in [0.29, 0.717) is 19.7 Å². The number of nitrogens with zero attached hydrogens (tertiary/aromatic N) is 2. The first kappa shape index (κ1) is 18.2. The van der Waals surface area contributed by atoms with Crippen LogP contribution >= 0.6 is 0 Å². The van der Waals surface area contributed by atoms with Crippen molar-refractivity contribution in [3.63, 3.8) is 0 Å². The third kappa shape index (κ3) is 3.29. The van der Waals surface area contributed by atoms with Gasteiger partial charge in [-0.25, -0.2) is 0 Å². The van der Waals surface area contributed by atoms with Gasteiger partial charge in [-0.1, -0.05) is 6.07 Å². The molecule has 0 radical (unpaired) electrons. The molecule has 2 bridgehead atoms. The summed E-state index contributed by atoms with van der Waals surface area (Å²) in [5.41, 5.74) is 0.532. The van der Waals surface area contributed by atoms with E-state index in [2.05, 4.69) is 5.32 Å². The van der Waals surface area contributed by atoms with E-state index >= 15 is 0 Å². The van der Waals surface area contributed by atoms with E-state index < -0.39 is 6.04 Å². The predicted octanol–water partition coefficient (Wildman–Crippen LogP) is 1.04. The van der Waals surface area contributed by atoms with Gasteiger partial charge in [0.25, 0.3) is 5.56 Å². The van der Waals surface area contributed by atoms with Crippen LogP contribution in [0, 0.1) is 5.92 Å². The maximum Gasteiger partial charge on any atom is 0.251 e. The van der Waals surface area contributed by atoms with Gasteiger partial charge in [0.1, 0.15) is 6.04 Å². The molecule has 1 aliphatic carbocycles. The molecule has 1 saturated carbocycles. The van der Waals surface area contributed by atoms with Crippen LogP contribution < -0.4 is 10.9 Å². The molecule has 1 N–H and O–H groups in total. The summed E-state index contributed by atoms with van der Waals surface area (Å²) in [4.78, 5) is 39.8. The van der Waals surface area contributed by atoms with Crippen LogP contribution in [0.3, 0.4) is 0 Å². The summed E-state index contributed by atoms with van der Waals surface area (Å²) in [6, 6.07) is 4.62. The summed E-state index contributed by atoms with van der Waals surface area (Å²) >= 11 is 0. The number of fused-ring (bicyclic) bond motifs is 4. The number of rotatable bonds is 5. The zero-order valence-corrected chi connectivity index (χ0v) is 15.9. The number of methoxy groups -OCH3 is 1. The van der Waals surface area contributed by atoms with Crippen molar-refractivity contribution in [1.82, 2.24) is 14.8 Å². The molecule has 0 unspecified atom stereocenters. The van der Waals surface area contributed by atoms with Gasteiger partial charge in [-0.15, -0.1) is 0 Å². The van der Waals surface area contributed by atoms with Gasteiger partial charge in [0.2, 0.25) is 11.8 Å². The summed E-state index contributed by atoms with van der Waals surface area (Å²) in [7, 11) is 1.66. The van der Waals surface area contributed by atoms with E-state index in [4.69, 9.17) is 4.74 Å². The molecule has 0 aromatic carbocycles. The molecule has 2 aliphatic heterocycles. The molecule has 4 rings (SSSR count). The molecule has 7 nitrogen and oxygen atoms in total. The second kappa shape index (κ2) is 6.78. The first-order chi connectivity index (χ1) is 12.9. The molecule has 2 amide bonds. The number of likely N-dealkylation sites (tertiary alicyclic amines) is 1.